The minimum Gasteiger partial charge on any atom is -0.332 e. The summed E-state index contributed by atoms with van der Waals surface area (Å²) < 4.78 is 1.26. The Bertz CT molecular complexity index is 619. The van der Waals surface area contributed by atoms with Gasteiger partial charge in [0.2, 0.25) is 5.91 Å². The van der Waals surface area contributed by atoms with Crippen molar-refractivity contribution in [3.05, 3.63) is 35.2 Å². The number of benzene rings is 1. The molecule has 1 fully saturated rings. The Balaban J connectivity index is 2.11. The SMILES string of the molecule is CC(C)N1C(=O)CC(N)C1c1csc2ccccc12. The normalized spacial score (nSPS) is 23.8. The lowest BCUT2D eigenvalue weighted by Crippen LogP contribution is -2.37. The van der Waals surface area contributed by atoms with E-state index in [1.54, 1.807) is 11.3 Å². The Hall–Kier alpha value is -1.39. The number of amides is 1. The van der Waals surface area contributed by atoms with E-state index in [-0.39, 0.29) is 24.0 Å². The van der Waals surface area contributed by atoms with Crippen LogP contribution in [0.5, 0.6) is 0 Å². The fourth-order valence-electron chi connectivity index (χ4n) is 3.00. The lowest BCUT2D eigenvalue weighted by Gasteiger charge is -2.30. The molecule has 19 heavy (non-hydrogen) atoms. The van der Waals surface area contributed by atoms with Gasteiger partial charge in [0, 0.05) is 23.2 Å². The first-order valence-electron chi connectivity index (χ1n) is 6.62. The highest BCUT2D eigenvalue weighted by Crippen LogP contribution is 2.39. The molecule has 2 aromatic rings. The number of thiophene rings is 1. The topological polar surface area (TPSA) is 46.3 Å². The van der Waals surface area contributed by atoms with Crippen molar-refractivity contribution in [1.82, 2.24) is 4.90 Å². The third-order valence-electron chi connectivity index (χ3n) is 3.79. The maximum Gasteiger partial charge on any atom is 0.225 e. The van der Waals surface area contributed by atoms with E-state index in [4.69, 9.17) is 5.73 Å². The molecular formula is C15H18N2OS. The summed E-state index contributed by atoms with van der Waals surface area (Å²) in [5, 5.41) is 3.39. The predicted octanol–water partition coefficient (Wildman–Crippen LogP) is 2.91. The summed E-state index contributed by atoms with van der Waals surface area (Å²) in [4.78, 5) is 14.1. The number of carbonyl (C=O) groups is 1. The average molecular weight is 274 g/mol. The molecule has 2 unspecified atom stereocenters. The summed E-state index contributed by atoms with van der Waals surface area (Å²) >= 11 is 1.72. The molecular weight excluding hydrogens is 256 g/mol. The van der Waals surface area contributed by atoms with Crippen molar-refractivity contribution in [2.75, 3.05) is 0 Å². The van der Waals surface area contributed by atoms with Crippen LogP contribution in [0.3, 0.4) is 0 Å². The van der Waals surface area contributed by atoms with Crippen LogP contribution in [0.2, 0.25) is 0 Å². The molecule has 1 aromatic heterocycles. The second-order valence-corrected chi connectivity index (χ2v) is 6.31. The van der Waals surface area contributed by atoms with Gasteiger partial charge in [0.05, 0.1) is 6.04 Å². The van der Waals surface area contributed by atoms with Crippen molar-refractivity contribution in [2.24, 2.45) is 5.73 Å². The molecule has 4 heteroatoms. The van der Waals surface area contributed by atoms with Crippen LogP contribution in [0.25, 0.3) is 10.1 Å². The third kappa shape index (κ3) is 1.95. The van der Waals surface area contributed by atoms with E-state index < -0.39 is 0 Å². The van der Waals surface area contributed by atoms with Gasteiger partial charge in [-0.1, -0.05) is 18.2 Å². The van der Waals surface area contributed by atoms with Crippen molar-refractivity contribution in [3.8, 4) is 0 Å². The summed E-state index contributed by atoms with van der Waals surface area (Å²) in [7, 11) is 0. The van der Waals surface area contributed by atoms with Crippen molar-refractivity contribution in [1.29, 1.82) is 0 Å². The number of likely N-dealkylation sites (tertiary alicyclic amines) is 1. The third-order valence-corrected chi connectivity index (χ3v) is 4.77. The molecule has 0 saturated carbocycles. The molecule has 1 aliphatic heterocycles. The summed E-state index contributed by atoms with van der Waals surface area (Å²) in [6, 6.07) is 8.42. The number of hydrogen-bond acceptors (Lipinski definition) is 3. The van der Waals surface area contributed by atoms with Gasteiger partial charge in [-0.2, -0.15) is 0 Å². The van der Waals surface area contributed by atoms with E-state index in [0.717, 1.165) is 0 Å². The zero-order valence-electron chi connectivity index (χ0n) is 11.2. The average Bonchev–Trinajstić information content (AvgIpc) is 2.89. The monoisotopic (exact) mass is 274 g/mol. The molecule has 1 saturated heterocycles. The van der Waals surface area contributed by atoms with E-state index in [9.17, 15) is 4.79 Å². The van der Waals surface area contributed by atoms with Gasteiger partial charge in [-0.15, -0.1) is 11.3 Å². The molecule has 3 rings (SSSR count). The summed E-state index contributed by atoms with van der Waals surface area (Å²) in [6.07, 6.45) is 0.451. The van der Waals surface area contributed by atoms with Gasteiger partial charge in [-0.05, 0) is 36.2 Å². The summed E-state index contributed by atoms with van der Waals surface area (Å²) in [5.74, 6) is 0.169. The Morgan fingerprint density at radius 2 is 2.11 bits per heavy atom. The molecule has 2 atom stereocenters. The molecule has 1 aromatic carbocycles. The first-order chi connectivity index (χ1) is 9.09. The number of hydrogen-bond donors (Lipinski definition) is 1. The molecule has 0 bridgehead atoms. The van der Waals surface area contributed by atoms with Crippen LogP contribution in [0.15, 0.2) is 29.6 Å². The highest BCUT2D eigenvalue weighted by atomic mass is 32.1. The molecule has 1 amide bonds. The maximum atomic E-state index is 12.1. The van der Waals surface area contributed by atoms with Gasteiger partial charge in [-0.3, -0.25) is 4.79 Å². The van der Waals surface area contributed by atoms with Crippen LogP contribution in [-0.4, -0.2) is 22.9 Å². The molecule has 1 aliphatic rings. The predicted molar refractivity (Wildman–Crippen MR) is 79.1 cm³/mol. The van der Waals surface area contributed by atoms with E-state index in [0.29, 0.717) is 6.42 Å². The fourth-order valence-corrected chi connectivity index (χ4v) is 3.99. The van der Waals surface area contributed by atoms with Crippen LogP contribution in [-0.2, 0) is 4.79 Å². The van der Waals surface area contributed by atoms with E-state index in [2.05, 4.69) is 31.4 Å². The van der Waals surface area contributed by atoms with Crippen molar-refractivity contribution in [2.45, 2.75) is 38.4 Å². The zero-order chi connectivity index (χ0) is 13.6. The zero-order valence-corrected chi connectivity index (χ0v) is 12.0. The first kappa shape index (κ1) is 12.6. The van der Waals surface area contributed by atoms with Gasteiger partial charge >= 0.3 is 0 Å². The van der Waals surface area contributed by atoms with E-state index >= 15 is 0 Å². The molecule has 3 nitrogen and oxygen atoms in total. The van der Waals surface area contributed by atoms with Gasteiger partial charge in [0.15, 0.2) is 0 Å². The Labute approximate surface area is 117 Å². The molecule has 0 aliphatic carbocycles. The lowest BCUT2D eigenvalue weighted by molar-refractivity contribution is -0.130. The number of nitrogens with two attached hydrogens (primary N) is 1. The minimum atomic E-state index is -0.104. The van der Waals surface area contributed by atoms with Crippen LogP contribution in [0, 0.1) is 0 Å². The van der Waals surface area contributed by atoms with Crippen molar-refractivity contribution < 1.29 is 4.79 Å². The highest BCUT2D eigenvalue weighted by Gasteiger charge is 2.40. The van der Waals surface area contributed by atoms with Crippen molar-refractivity contribution >= 4 is 27.3 Å². The van der Waals surface area contributed by atoms with Gasteiger partial charge in [-0.25, -0.2) is 0 Å². The Morgan fingerprint density at radius 3 is 2.84 bits per heavy atom. The molecule has 0 spiro atoms. The standard InChI is InChI=1S/C15H18N2OS/c1-9(2)17-14(18)7-12(16)15(17)11-8-19-13-6-4-3-5-10(11)13/h3-6,8-9,12,15H,7,16H2,1-2H3. The quantitative estimate of drug-likeness (QED) is 0.915. The summed E-state index contributed by atoms with van der Waals surface area (Å²) in [6.45, 7) is 4.11. The van der Waals surface area contributed by atoms with Crippen LogP contribution in [0.1, 0.15) is 31.9 Å². The minimum absolute atomic E-state index is 0.0173. The molecule has 2 heterocycles. The number of nitrogens with zero attached hydrogens (tertiary/aromatic N) is 1. The highest BCUT2D eigenvalue weighted by molar-refractivity contribution is 7.17. The van der Waals surface area contributed by atoms with Crippen LogP contribution >= 0.6 is 11.3 Å². The Kier molecular flexibility index (Phi) is 3.07. The molecule has 2 N–H and O–H groups in total. The lowest BCUT2D eigenvalue weighted by atomic mass is 9.99. The van der Waals surface area contributed by atoms with Crippen LogP contribution in [0.4, 0.5) is 0 Å². The number of carbonyl (C=O) groups excluding carboxylic acids is 1. The van der Waals surface area contributed by atoms with Crippen molar-refractivity contribution in [3.63, 3.8) is 0 Å². The number of fused-ring (bicyclic) bond motifs is 1. The van der Waals surface area contributed by atoms with E-state index in [1.807, 2.05) is 17.0 Å². The van der Waals surface area contributed by atoms with E-state index in [1.165, 1.54) is 15.6 Å². The van der Waals surface area contributed by atoms with Gasteiger partial charge in [0.1, 0.15) is 0 Å². The smallest absolute Gasteiger partial charge is 0.225 e. The first-order valence-corrected chi connectivity index (χ1v) is 7.50. The molecule has 100 valence electrons. The Morgan fingerprint density at radius 1 is 1.37 bits per heavy atom. The molecule has 0 radical (unpaired) electrons. The fraction of sp³-hybridized carbons (Fsp3) is 0.400. The second-order valence-electron chi connectivity index (χ2n) is 5.39. The van der Waals surface area contributed by atoms with Crippen LogP contribution < -0.4 is 5.73 Å². The number of rotatable bonds is 2. The largest absolute Gasteiger partial charge is 0.332 e. The van der Waals surface area contributed by atoms with Gasteiger partial charge in [0.25, 0.3) is 0 Å². The van der Waals surface area contributed by atoms with Gasteiger partial charge < -0.3 is 10.6 Å². The summed E-state index contributed by atoms with van der Waals surface area (Å²) in [5.41, 5.74) is 7.42. The second kappa shape index (κ2) is 4.62. The maximum absolute atomic E-state index is 12.1.